The number of likely N-dealkylation sites (tertiary alicyclic amines) is 1. The fraction of sp³-hybridized carbons (Fsp3) is 0.429. The zero-order valence-corrected chi connectivity index (χ0v) is 14.6. The second-order valence-corrected chi connectivity index (χ2v) is 6.96. The Kier molecular flexibility index (Phi) is 5.07. The van der Waals surface area contributed by atoms with Gasteiger partial charge in [-0.05, 0) is 43.4 Å². The molecule has 2 aromatic rings. The van der Waals surface area contributed by atoms with Crippen molar-refractivity contribution >= 4 is 0 Å². The van der Waals surface area contributed by atoms with Gasteiger partial charge in [-0.3, -0.25) is 4.90 Å². The van der Waals surface area contributed by atoms with Gasteiger partial charge in [0.25, 0.3) is 0 Å². The Morgan fingerprint density at radius 2 is 1.84 bits per heavy atom. The zero-order chi connectivity index (χ0) is 16.9. The van der Waals surface area contributed by atoms with E-state index in [-0.39, 0.29) is 6.10 Å². The van der Waals surface area contributed by atoms with Crippen LogP contribution in [0.25, 0.3) is 0 Å². The molecule has 0 spiro atoms. The minimum atomic E-state index is -0.108. The summed E-state index contributed by atoms with van der Waals surface area (Å²) >= 11 is 0. The summed E-state index contributed by atoms with van der Waals surface area (Å²) < 4.78 is 6.15. The third-order valence-corrected chi connectivity index (χ3v) is 5.34. The van der Waals surface area contributed by atoms with E-state index in [2.05, 4.69) is 45.4 Å². The van der Waals surface area contributed by atoms with Crippen molar-refractivity contribution in [2.45, 2.75) is 44.2 Å². The second kappa shape index (κ2) is 7.79. The predicted octanol–water partition coefficient (Wildman–Crippen LogP) is 4.17. The van der Waals surface area contributed by atoms with Crippen LogP contribution in [-0.4, -0.2) is 34.2 Å². The molecule has 0 radical (unpaired) electrons. The van der Waals surface area contributed by atoms with Crippen molar-refractivity contribution < 1.29 is 4.74 Å². The van der Waals surface area contributed by atoms with Crippen molar-refractivity contribution in [3.05, 3.63) is 65.9 Å². The Morgan fingerprint density at radius 1 is 1.04 bits per heavy atom. The molecule has 4 rings (SSSR count). The molecule has 1 aromatic carbocycles. The van der Waals surface area contributed by atoms with E-state index in [4.69, 9.17) is 4.74 Å². The lowest BCUT2D eigenvalue weighted by Gasteiger charge is -2.40. The molecule has 1 unspecified atom stereocenters. The normalized spacial score (nSPS) is 19.9. The zero-order valence-electron chi connectivity index (χ0n) is 14.6. The van der Waals surface area contributed by atoms with Gasteiger partial charge in [-0.1, -0.05) is 42.3 Å². The van der Waals surface area contributed by atoms with E-state index < -0.39 is 0 Å². The third-order valence-electron chi connectivity index (χ3n) is 5.34. The second-order valence-electron chi connectivity index (χ2n) is 6.96. The highest BCUT2D eigenvalue weighted by molar-refractivity contribution is 5.25. The maximum absolute atomic E-state index is 6.15. The highest BCUT2D eigenvalue weighted by Gasteiger charge is 2.27. The van der Waals surface area contributed by atoms with Gasteiger partial charge >= 0.3 is 0 Å². The topological polar surface area (TPSA) is 38.2 Å². The Morgan fingerprint density at radius 3 is 2.48 bits per heavy atom. The lowest BCUT2D eigenvalue weighted by Crippen LogP contribution is -2.43. The van der Waals surface area contributed by atoms with Gasteiger partial charge in [-0.2, -0.15) is 5.10 Å². The summed E-state index contributed by atoms with van der Waals surface area (Å²) in [5, 5.41) is 8.00. The van der Waals surface area contributed by atoms with E-state index in [0.717, 1.165) is 24.4 Å². The van der Waals surface area contributed by atoms with Gasteiger partial charge in [0.05, 0.1) is 0 Å². The van der Waals surface area contributed by atoms with Gasteiger partial charge in [-0.25, -0.2) is 0 Å². The fourth-order valence-electron chi connectivity index (χ4n) is 3.63. The van der Waals surface area contributed by atoms with Gasteiger partial charge in [0.15, 0.2) is 0 Å². The summed E-state index contributed by atoms with van der Waals surface area (Å²) in [7, 11) is 0. The van der Waals surface area contributed by atoms with Crippen LogP contribution in [-0.2, 0) is 0 Å². The predicted molar refractivity (Wildman–Crippen MR) is 98.4 cm³/mol. The molecule has 1 aromatic heterocycles. The Hall–Kier alpha value is -2.20. The summed E-state index contributed by atoms with van der Waals surface area (Å²) in [6, 6.07) is 14.9. The molecule has 25 heavy (non-hydrogen) atoms. The molecule has 4 heteroatoms. The quantitative estimate of drug-likeness (QED) is 0.769. The van der Waals surface area contributed by atoms with Crippen LogP contribution in [0.4, 0.5) is 0 Å². The van der Waals surface area contributed by atoms with Crippen LogP contribution in [0.2, 0.25) is 0 Å². The average molecular weight is 335 g/mol. The molecule has 0 N–H and O–H groups in total. The van der Waals surface area contributed by atoms with Crippen molar-refractivity contribution in [1.29, 1.82) is 0 Å². The molecule has 1 aliphatic carbocycles. The first-order valence-corrected chi connectivity index (χ1v) is 9.31. The number of piperidine rings is 1. The summed E-state index contributed by atoms with van der Waals surface area (Å²) in [4.78, 5) is 2.67. The maximum Gasteiger partial charge on any atom is 0.234 e. The van der Waals surface area contributed by atoms with E-state index in [1.54, 1.807) is 6.20 Å². The first-order chi connectivity index (χ1) is 12.4. The average Bonchev–Trinajstić information content (AvgIpc) is 2.63. The SMILES string of the molecule is C(=C1CCN(C2CCC2)CC1)C(Oc1cccnn1)c1ccccc1. The molecule has 130 valence electrons. The highest BCUT2D eigenvalue weighted by Crippen LogP contribution is 2.30. The van der Waals surface area contributed by atoms with Crippen molar-refractivity contribution in [3.63, 3.8) is 0 Å². The number of rotatable bonds is 5. The molecular formula is C21H25N3O. The number of benzene rings is 1. The molecule has 4 nitrogen and oxygen atoms in total. The molecule has 0 bridgehead atoms. The Balaban J connectivity index is 1.48. The molecule has 0 amide bonds. The van der Waals surface area contributed by atoms with E-state index in [1.807, 2.05) is 18.2 Å². The molecule has 2 aliphatic rings. The van der Waals surface area contributed by atoms with Crippen LogP contribution in [0.1, 0.15) is 43.8 Å². The number of hydrogen-bond donors (Lipinski definition) is 0. The van der Waals surface area contributed by atoms with E-state index >= 15 is 0 Å². The number of aromatic nitrogens is 2. The maximum atomic E-state index is 6.15. The lowest BCUT2D eigenvalue weighted by molar-refractivity contribution is 0.117. The number of ether oxygens (including phenoxy) is 1. The van der Waals surface area contributed by atoms with Crippen LogP contribution in [0.15, 0.2) is 60.3 Å². The summed E-state index contributed by atoms with van der Waals surface area (Å²) in [5.74, 6) is 0.570. The fourth-order valence-corrected chi connectivity index (χ4v) is 3.63. The third kappa shape index (κ3) is 4.07. The molecule has 2 heterocycles. The van der Waals surface area contributed by atoms with E-state index in [1.165, 1.54) is 37.9 Å². The molecule has 2 fully saturated rings. The van der Waals surface area contributed by atoms with Gasteiger partial charge in [-0.15, -0.1) is 5.10 Å². The molecular weight excluding hydrogens is 310 g/mol. The van der Waals surface area contributed by atoms with E-state index in [0.29, 0.717) is 5.88 Å². The molecule has 1 atom stereocenters. The Labute approximate surface area is 149 Å². The smallest absolute Gasteiger partial charge is 0.234 e. The lowest BCUT2D eigenvalue weighted by atomic mass is 9.89. The summed E-state index contributed by atoms with van der Waals surface area (Å²) in [5.41, 5.74) is 2.65. The van der Waals surface area contributed by atoms with Crippen LogP contribution < -0.4 is 4.74 Å². The highest BCUT2D eigenvalue weighted by atomic mass is 16.5. The number of nitrogens with zero attached hydrogens (tertiary/aromatic N) is 3. The minimum Gasteiger partial charge on any atom is -0.464 e. The minimum absolute atomic E-state index is 0.108. The van der Waals surface area contributed by atoms with Crippen LogP contribution >= 0.6 is 0 Å². The van der Waals surface area contributed by atoms with Crippen molar-refractivity contribution in [3.8, 4) is 5.88 Å². The monoisotopic (exact) mass is 335 g/mol. The number of hydrogen-bond acceptors (Lipinski definition) is 4. The van der Waals surface area contributed by atoms with Crippen LogP contribution in [0.5, 0.6) is 5.88 Å². The van der Waals surface area contributed by atoms with Gasteiger partial charge in [0, 0.05) is 31.4 Å². The van der Waals surface area contributed by atoms with Gasteiger partial charge in [0.1, 0.15) is 6.10 Å². The first kappa shape index (κ1) is 16.3. The van der Waals surface area contributed by atoms with Crippen molar-refractivity contribution in [2.24, 2.45) is 0 Å². The molecule has 1 aliphatic heterocycles. The summed E-state index contributed by atoms with van der Waals surface area (Å²) in [6.07, 6.45) is 10.3. The first-order valence-electron chi connectivity index (χ1n) is 9.31. The van der Waals surface area contributed by atoms with Crippen LogP contribution in [0.3, 0.4) is 0 Å². The van der Waals surface area contributed by atoms with Crippen molar-refractivity contribution in [1.82, 2.24) is 15.1 Å². The summed E-state index contributed by atoms with van der Waals surface area (Å²) in [6.45, 7) is 2.37. The van der Waals surface area contributed by atoms with E-state index in [9.17, 15) is 0 Å². The molecule has 1 saturated carbocycles. The van der Waals surface area contributed by atoms with Crippen LogP contribution in [0, 0.1) is 0 Å². The standard InChI is InChI=1S/C21H25N3O/c1-2-6-18(7-3-1)20(25-21-10-5-13-22-23-21)16-17-11-14-24(15-12-17)19-8-4-9-19/h1-3,5-7,10,13,16,19-20H,4,8-9,11-12,14-15H2. The van der Waals surface area contributed by atoms with Gasteiger partial charge in [0.2, 0.25) is 5.88 Å². The van der Waals surface area contributed by atoms with Gasteiger partial charge < -0.3 is 4.74 Å². The molecule has 1 saturated heterocycles. The largest absolute Gasteiger partial charge is 0.464 e. The van der Waals surface area contributed by atoms with Crippen molar-refractivity contribution in [2.75, 3.05) is 13.1 Å². The Bertz CT molecular complexity index is 688.